The molecule has 1 aromatic carbocycles. The summed E-state index contributed by atoms with van der Waals surface area (Å²) in [5.74, 6) is 0. The predicted octanol–water partition coefficient (Wildman–Crippen LogP) is 3.56. The first-order chi connectivity index (χ1) is 10.2. The maximum absolute atomic E-state index is 4.62. The third-order valence-electron chi connectivity index (χ3n) is 3.78. The van der Waals surface area contributed by atoms with Gasteiger partial charge in [0.25, 0.3) is 0 Å². The fraction of sp³-hybridized carbons (Fsp3) is 0.222. The van der Waals surface area contributed by atoms with Gasteiger partial charge in [-0.15, -0.1) is 0 Å². The van der Waals surface area contributed by atoms with Gasteiger partial charge in [-0.05, 0) is 49.7 Å². The van der Waals surface area contributed by atoms with E-state index in [9.17, 15) is 0 Å². The van der Waals surface area contributed by atoms with E-state index >= 15 is 0 Å². The van der Waals surface area contributed by atoms with Crippen molar-refractivity contribution in [2.24, 2.45) is 0 Å². The van der Waals surface area contributed by atoms with E-state index in [1.54, 1.807) is 0 Å². The highest BCUT2D eigenvalue weighted by Gasteiger charge is 2.16. The number of fused-ring (bicyclic) bond motifs is 1. The van der Waals surface area contributed by atoms with Crippen molar-refractivity contribution in [3.05, 3.63) is 71.2 Å². The first-order valence-electron chi connectivity index (χ1n) is 7.14. The van der Waals surface area contributed by atoms with Crippen molar-refractivity contribution in [3.8, 4) is 0 Å². The average Bonchev–Trinajstić information content (AvgIpc) is 2.50. The van der Waals surface area contributed by atoms with Crippen LogP contribution in [0.25, 0.3) is 10.9 Å². The maximum Gasteiger partial charge on any atom is 0.0752 e. The van der Waals surface area contributed by atoms with Crippen LogP contribution in [0.5, 0.6) is 0 Å². The largest absolute Gasteiger partial charge is 0.308 e. The Hall–Kier alpha value is -2.26. The van der Waals surface area contributed by atoms with Gasteiger partial charge in [-0.25, -0.2) is 0 Å². The van der Waals surface area contributed by atoms with Gasteiger partial charge in [-0.3, -0.25) is 9.97 Å². The highest BCUT2D eigenvalue weighted by molar-refractivity contribution is 5.79. The Morgan fingerprint density at radius 1 is 1.05 bits per heavy atom. The second-order valence-corrected chi connectivity index (χ2v) is 5.39. The molecule has 0 bridgehead atoms. The van der Waals surface area contributed by atoms with Crippen LogP contribution in [0.15, 0.2) is 48.8 Å². The molecule has 0 radical (unpaired) electrons. The van der Waals surface area contributed by atoms with Crippen LogP contribution in [-0.2, 0) is 0 Å². The molecule has 0 saturated heterocycles. The molecule has 3 heteroatoms. The normalized spacial score (nSPS) is 12.5. The summed E-state index contributed by atoms with van der Waals surface area (Å²) in [7, 11) is 1.97. The van der Waals surface area contributed by atoms with Crippen LogP contribution in [0.2, 0.25) is 0 Å². The van der Waals surface area contributed by atoms with Crippen LogP contribution in [0.1, 0.15) is 28.4 Å². The van der Waals surface area contributed by atoms with Gasteiger partial charge < -0.3 is 5.32 Å². The van der Waals surface area contributed by atoms with Crippen molar-refractivity contribution in [1.82, 2.24) is 15.3 Å². The van der Waals surface area contributed by atoms with Gasteiger partial charge >= 0.3 is 0 Å². The number of nitrogens with zero attached hydrogens (tertiary/aromatic N) is 2. The van der Waals surface area contributed by atoms with Crippen molar-refractivity contribution in [2.45, 2.75) is 19.9 Å². The van der Waals surface area contributed by atoms with Crippen molar-refractivity contribution in [3.63, 3.8) is 0 Å². The van der Waals surface area contributed by atoms with Gasteiger partial charge in [0.15, 0.2) is 0 Å². The lowest BCUT2D eigenvalue weighted by molar-refractivity contribution is 0.666. The average molecular weight is 277 g/mol. The molecule has 1 N–H and O–H groups in total. The van der Waals surface area contributed by atoms with Crippen molar-refractivity contribution < 1.29 is 0 Å². The first kappa shape index (κ1) is 13.7. The lowest BCUT2D eigenvalue weighted by Crippen LogP contribution is -2.20. The molecule has 1 atom stereocenters. The molecule has 106 valence electrons. The number of aryl methyl sites for hydroxylation is 2. The van der Waals surface area contributed by atoms with Gasteiger partial charge in [0, 0.05) is 17.8 Å². The van der Waals surface area contributed by atoms with E-state index in [0.717, 1.165) is 16.6 Å². The number of hydrogen-bond donors (Lipinski definition) is 1. The summed E-state index contributed by atoms with van der Waals surface area (Å²) >= 11 is 0. The second kappa shape index (κ2) is 5.62. The summed E-state index contributed by atoms with van der Waals surface area (Å²) in [6.07, 6.45) is 3.75. The topological polar surface area (TPSA) is 37.8 Å². The number of pyridine rings is 2. The Labute approximate surface area is 125 Å². The van der Waals surface area contributed by atoms with Crippen LogP contribution in [-0.4, -0.2) is 17.0 Å². The molecule has 21 heavy (non-hydrogen) atoms. The van der Waals surface area contributed by atoms with E-state index in [1.165, 1.54) is 16.7 Å². The zero-order valence-electron chi connectivity index (χ0n) is 12.6. The fourth-order valence-corrected chi connectivity index (χ4v) is 2.75. The van der Waals surface area contributed by atoms with E-state index in [1.807, 2.05) is 25.5 Å². The molecule has 0 aliphatic carbocycles. The summed E-state index contributed by atoms with van der Waals surface area (Å²) in [5, 5.41) is 4.53. The first-order valence-corrected chi connectivity index (χ1v) is 7.14. The molecule has 0 amide bonds. The monoisotopic (exact) mass is 277 g/mol. The van der Waals surface area contributed by atoms with Gasteiger partial charge in [0.2, 0.25) is 0 Å². The molecule has 2 aromatic heterocycles. The summed E-state index contributed by atoms with van der Waals surface area (Å²) in [4.78, 5) is 9.06. The number of aromatic nitrogens is 2. The molecule has 3 rings (SSSR count). The Kier molecular flexibility index (Phi) is 3.67. The molecular weight excluding hydrogens is 258 g/mol. The zero-order chi connectivity index (χ0) is 14.8. The minimum absolute atomic E-state index is 0.0806. The van der Waals surface area contributed by atoms with Gasteiger partial charge in [0.1, 0.15) is 0 Å². The van der Waals surface area contributed by atoms with Crippen LogP contribution in [0, 0.1) is 13.8 Å². The molecule has 0 aliphatic rings. The zero-order valence-corrected chi connectivity index (χ0v) is 12.6. The van der Waals surface area contributed by atoms with Crippen molar-refractivity contribution >= 4 is 10.9 Å². The van der Waals surface area contributed by atoms with Crippen molar-refractivity contribution in [1.29, 1.82) is 0 Å². The highest BCUT2D eigenvalue weighted by Crippen LogP contribution is 2.25. The van der Waals surface area contributed by atoms with Gasteiger partial charge in [-0.2, -0.15) is 0 Å². The molecule has 0 saturated carbocycles. The summed E-state index contributed by atoms with van der Waals surface area (Å²) in [5.41, 5.74) is 5.66. The summed E-state index contributed by atoms with van der Waals surface area (Å²) < 4.78 is 0. The maximum atomic E-state index is 4.62. The van der Waals surface area contributed by atoms with E-state index < -0.39 is 0 Å². The van der Waals surface area contributed by atoms with E-state index in [0.29, 0.717) is 0 Å². The van der Waals surface area contributed by atoms with Crippen LogP contribution in [0.3, 0.4) is 0 Å². The standard InChI is InChI=1S/C18H19N3/c1-12-9-13(2)17(21-11-12)18(19-3)15-7-6-14-5-4-8-20-16(14)10-15/h4-11,18-19H,1-3H3. The second-order valence-electron chi connectivity index (χ2n) is 5.39. The van der Waals surface area contributed by atoms with Crippen LogP contribution in [0.4, 0.5) is 0 Å². The van der Waals surface area contributed by atoms with E-state index in [4.69, 9.17) is 0 Å². The Balaban J connectivity index is 2.09. The van der Waals surface area contributed by atoms with Gasteiger partial charge in [-0.1, -0.05) is 24.3 Å². The molecule has 2 heterocycles. The third kappa shape index (κ3) is 2.65. The molecule has 0 aliphatic heterocycles. The minimum Gasteiger partial charge on any atom is -0.308 e. The summed E-state index contributed by atoms with van der Waals surface area (Å²) in [6.45, 7) is 4.18. The lowest BCUT2D eigenvalue weighted by Gasteiger charge is -2.19. The van der Waals surface area contributed by atoms with Crippen molar-refractivity contribution in [2.75, 3.05) is 7.05 Å². The third-order valence-corrected chi connectivity index (χ3v) is 3.78. The number of hydrogen-bond acceptors (Lipinski definition) is 3. The Morgan fingerprint density at radius 2 is 1.90 bits per heavy atom. The molecule has 1 unspecified atom stereocenters. The number of benzene rings is 1. The quantitative estimate of drug-likeness (QED) is 0.795. The molecule has 3 nitrogen and oxygen atoms in total. The molecule has 0 spiro atoms. The molecular formula is C18H19N3. The van der Waals surface area contributed by atoms with E-state index in [2.05, 4.69) is 59.5 Å². The Bertz CT molecular complexity index is 780. The van der Waals surface area contributed by atoms with Gasteiger partial charge in [0.05, 0.1) is 17.3 Å². The molecule has 0 fully saturated rings. The lowest BCUT2D eigenvalue weighted by atomic mass is 9.98. The number of rotatable bonds is 3. The summed E-state index contributed by atoms with van der Waals surface area (Å²) in [6, 6.07) is 12.7. The number of nitrogens with one attached hydrogen (secondary N) is 1. The highest BCUT2D eigenvalue weighted by atomic mass is 14.9. The fourth-order valence-electron chi connectivity index (χ4n) is 2.75. The van der Waals surface area contributed by atoms with Crippen LogP contribution < -0.4 is 5.32 Å². The van der Waals surface area contributed by atoms with Crippen LogP contribution >= 0.6 is 0 Å². The minimum atomic E-state index is 0.0806. The molecule has 3 aromatic rings. The van der Waals surface area contributed by atoms with E-state index in [-0.39, 0.29) is 6.04 Å². The SMILES string of the molecule is CNC(c1ccc2cccnc2c1)c1ncc(C)cc1C. The predicted molar refractivity (Wildman–Crippen MR) is 86.4 cm³/mol. The smallest absolute Gasteiger partial charge is 0.0752 e. The Morgan fingerprint density at radius 3 is 2.67 bits per heavy atom.